The number of nitrogens with zero attached hydrogens (tertiary/aromatic N) is 2. The third-order valence-corrected chi connectivity index (χ3v) is 5.92. The molecular weight excluding hydrogens is 320 g/mol. The first-order valence-electron chi connectivity index (χ1n) is 7.30. The average Bonchev–Trinajstić information content (AvgIpc) is 2.46. The van der Waals surface area contributed by atoms with Crippen molar-refractivity contribution in [1.82, 2.24) is 9.21 Å². The van der Waals surface area contributed by atoms with Crippen molar-refractivity contribution >= 4 is 21.9 Å². The molecule has 1 atom stereocenters. The molecule has 0 aromatic heterocycles. The van der Waals surface area contributed by atoms with Crippen LogP contribution in [0.5, 0.6) is 0 Å². The smallest absolute Gasteiger partial charge is 0.307 e. The van der Waals surface area contributed by atoms with Crippen LogP contribution in [0.4, 0.5) is 0 Å². The second-order valence-corrected chi connectivity index (χ2v) is 7.53. The lowest BCUT2D eigenvalue weighted by Gasteiger charge is -2.38. The van der Waals surface area contributed by atoms with Gasteiger partial charge < -0.3 is 10.0 Å². The highest BCUT2D eigenvalue weighted by Gasteiger charge is 2.34. The number of sulfonamides is 1. The van der Waals surface area contributed by atoms with Crippen LogP contribution >= 0.6 is 0 Å². The highest BCUT2D eigenvalue weighted by Crippen LogP contribution is 2.22. The van der Waals surface area contributed by atoms with Crippen molar-refractivity contribution in [3.05, 3.63) is 29.8 Å². The third-order valence-electron chi connectivity index (χ3n) is 3.90. The van der Waals surface area contributed by atoms with Crippen molar-refractivity contribution in [2.24, 2.45) is 0 Å². The Morgan fingerprint density at radius 3 is 2.30 bits per heavy atom. The molecule has 1 amide bonds. The summed E-state index contributed by atoms with van der Waals surface area (Å²) < 4.78 is 26.8. The molecule has 0 unspecified atom stereocenters. The van der Waals surface area contributed by atoms with Crippen LogP contribution in [0.3, 0.4) is 0 Å². The van der Waals surface area contributed by atoms with Crippen molar-refractivity contribution in [2.45, 2.75) is 31.2 Å². The maximum Gasteiger partial charge on any atom is 0.307 e. The van der Waals surface area contributed by atoms with Gasteiger partial charge in [0.2, 0.25) is 15.9 Å². The molecule has 1 saturated heterocycles. The molecule has 23 heavy (non-hydrogen) atoms. The summed E-state index contributed by atoms with van der Waals surface area (Å²) in [6.45, 7) is 4.23. The Kier molecular flexibility index (Phi) is 5.06. The van der Waals surface area contributed by atoms with Gasteiger partial charge in [0.25, 0.3) is 0 Å². The van der Waals surface area contributed by atoms with Crippen LogP contribution in [0.2, 0.25) is 0 Å². The van der Waals surface area contributed by atoms with Crippen molar-refractivity contribution in [1.29, 1.82) is 0 Å². The number of benzene rings is 1. The van der Waals surface area contributed by atoms with Gasteiger partial charge in [0, 0.05) is 32.6 Å². The minimum Gasteiger partial charge on any atom is -0.481 e. The number of rotatable bonds is 4. The number of amides is 1. The molecule has 0 radical (unpaired) electrons. The summed E-state index contributed by atoms with van der Waals surface area (Å²) in [6.07, 6.45) is -0.145. The molecule has 0 spiro atoms. The molecule has 2 rings (SSSR count). The number of piperazine rings is 1. The molecule has 8 heteroatoms. The second kappa shape index (κ2) is 6.67. The minimum atomic E-state index is -3.66. The summed E-state index contributed by atoms with van der Waals surface area (Å²) in [6, 6.07) is 5.57. The van der Waals surface area contributed by atoms with E-state index in [0.717, 1.165) is 0 Å². The lowest BCUT2D eigenvalue weighted by atomic mass is 10.2. The van der Waals surface area contributed by atoms with Crippen LogP contribution in [-0.2, 0) is 26.0 Å². The normalized spacial score (nSPS) is 19.6. The van der Waals surface area contributed by atoms with Gasteiger partial charge in [0.1, 0.15) is 0 Å². The Morgan fingerprint density at radius 1 is 1.22 bits per heavy atom. The number of hydrogen-bond acceptors (Lipinski definition) is 4. The van der Waals surface area contributed by atoms with Gasteiger partial charge in [-0.15, -0.1) is 0 Å². The maximum atomic E-state index is 12.7. The molecule has 7 nitrogen and oxygen atoms in total. The number of aliphatic carboxylic acids is 1. The molecular formula is C15H20N2O5S. The van der Waals surface area contributed by atoms with Crippen LogP contribution in [0.15, 0.2) is 29.2 Å². The third kappa shape index (κ3) is 3.89. The van der Waals surface area contributed by atoms with E-state index in [1.807, 2.05) is 0 Å². The monoisotopic (exact) mass is 340 g/mol. The predicted octanol–water partition coefficient (Wildman–Crippen LogP) is 0.555. The zero-order valence-corrected chi connectivity index (χ0v) is 13.9. The molecule has 1 fully saturated rings. The van der Waals surface area contributed by atoms with E-state index in [-0.39, 0.29) is 29.8 Å². The quantitative estimate of drug-likeness (QED) is 0.864. The Labute approximate surface area is 135 Å². The summed E-state index contributed by atoms with van der Waals surface area (Å²) >= 11 is 0. The average molecular weight is 340 g/mol. The zero-order valence-electron chi connectivity index (χ0n) is 13.1. The van der Waals surface area contributed by atoms with Crippen LogP contribution < -0.4 is 0 Å². The predicted molar refractivity (Wildman–Crippen MR) is 83.4 cm³/mol. The number of carbonyl (C=O) groups excluding carboxylic acids is 1. The Bertz CT molecular complexity index is 699. The zero-order chi connectivity index (χ0) is 17.2. The summed E-state index contributed by atoms with van der Waals surface area (Å²) in [5, 5.41) is 8.75. The lowest BCUT2D eigenvalue weighted by molar-refractivity contribution is -0.136. The highest BCUT2D eigenvalue weighted by atomic mass is 32.2. The van der Waals surface area contributed by atoms with Gasteiger partial charge in [-0.3, -0.25) is 9.59 Å². The molecule has 126 valence electrons. The van der Waals surface area contributed by atoms with E-state index in [4.69, 9.17) is 5.11 Å². The van der Waals surface area contributed by atoms with Crippen molar-refractivity contribution < 1.29 is 23.1 Å². The van der Waals surface area contributed by atoms with Gasteiger partial charge in [-0.2, -0.15) is 4.31 Å². The van der Waals surface area contributed by atoms with Crippen molar-refractivity contribution in [3.8, 4) is 0 Å². The molecule has 1 aromatic rings. The first kappa shape index (κ1) is 17.4. The number of carboxylic acid groups (broad SMARTS) is 1. The second-order valence-electron chi connectivity index (χ2n) is 5.64. The van der Waals surface area contributed by atoms with E-state index in [1.165, 1.54) is 35.5 Å². The summed E-state index contributed by atoms with van der Waals surface area (Å²) in [5.74, 6) is -1.03. The summed E-state index contributed by atoms with van der Waals surface area (Å²) in [4.78, 5) is 23.8. The van der Waals surface area contributed by atoms with Gasteiger partial charge in [0.15, 0.2) is 0 Å². The van der Waals surface area contributed by atoms with Crippen molar-refractivity contribution in [2.75, 3.05) is 19.6 Å². The Morgan fingerprint density at radius 2 is 1.83 bits per heavy atom. The molecule has 1 aliphatic rings. The van der Waals surface area contributed by atoms with Gasteiger partial charge in [-0.05, 0) is 24.6 Å². The van der Waals surface area contributed by atoms with Crippen LogP contribution in [-0.4, -0.2) is 60.3 Å². The summed E-state index contributed by atoms with van der Waals surface area (Å²) in [5.41, 5.74) is 0.547. The standard InChI is InChI=1S/C15H20N2O5S/c1-11-10-16(12(2)18)7-8-17(11)23(21,22)14-5-3-13(4-6-14)9-15(19)20/h3-6,11H,7-10H2,1-2H3,(H,19,20)/t11-/m1/s1. The maximum absolute atomic E-state index is 12.7. The van der Waals surface area contributed by atoms with E-state index in [1.54, 1.807) is 11.8 Å². The molecule has 1 heterocycles. The van der Waals surface area contributed by atoms with Gasteiger partial charge in [-0.25, -0.2) is 8.42 Å². The Hall–Kier alpha value is -1.93. The first-order valence-corrected chi connectivity index (χ1v) is 8.74. The number of hydrogen-bond donors (Lipinski definition) is 1. The van der Waals surface area contributed by atoms with E-state index in [2.05, 4.69) is 0 Å². The lowest BCUT2D eigenvalue weighted by Crippen LogP contribution is -2.54. The first-order chi connectivity index (χ1) is 10.7. The fourth-order valence-electron chi connectivity index (χ4n) is 2.67. The topological polar surface area (TPSA) is 95.0 Å². The van der Waals surface area contributed by atoms with Gasteiger partial charge in [0.05, 0.1) is 11.3 Å². The van der Waals surface area contributed by atoms with Gasteiger partial charge >= 0.3 is 5.97 Å². The van der Waals surface area contributed by atoms with Gasteiger partial charge in [-0.1, -0.05) is 12.1 Å². The number of carboxylic acids is 1. The van der Waals surface area contributed by atoms with E-state index in [0.29, 0.717) is 18.7 Å². The molecule has 0 saturated carbocycles. The Balaban J connectivity index is 2.18. The molecule has 0 aliphatic carbocycles. The van der Waals surface area contributed by atoms with Crippen LogP contribution in [0, 0.1) is 0 Å². The van der Waals surface area contributed by atoms with E-state index >= 15 is 0 Å². The largest absolute Gasteiger partial charge is 0.481 e. The summed E-state index contributed by atoms with van der Waals surface area (Å²) in [7, 11) is -3.66. The molecule has 1 aliphatic heterocycles. The van der Waals surface area contributed by atoms with E-state index in [9.17, 15) is 18.0 Å². The molecule has 1 aromatic carbocycles. The molecule has 1 N–H and O–H groups in total. The van der Waals surface area contributed by atoms with Crippen molar-refractivity contribution in [3.63, 3.8) is 0 Å². The highest BCUT2D eigenvalue weighted by molar-refractivity contribution is 7.89. The fourth-order valence-corrected chi connectivity index (χ4v) is 4.29. The minimum absolute atomic E-state index is 0.0630. The SMILES string of the molecule is CC(=O)N1CCN(S(=O)(=O)c2ccc(CC(=O)O)cc2)[C@H](C)C1. The fraction of sp³-hybridized carbons (Fsp3) is 0.467. The van der Waals surface area contributed by atoms with E-state index < -0.39 is 16.0 Å². The van der Waals surface area contributed by atoms with Crippen LogP contribution in [0.25, 0.3) is 0 Å². The number of carbonyl (C=O) groups is 2. The molecule has 0 bridgehead atoms. The van der Waals surface area contributed by atoms with Crippen LogP contribution in [0.1, 0.15) is 19.4 Å².